The standard InChI is InChI=1S/C24H30N4O5S/c1-16-4-3-13-27(15-16)34(32,33)21-11-12-22(23(14-21)28(30)31)25-17(2)18-7-9-20(10-8-18)26-24(29)19-5-6-19/h7-12,14,16-17,19,25H,3-6,13,15H2,1-2H3,(H,26,29)/t16-,17-/m0/s1. The van der Waals surface area contributed by atoms with E-state index in [2.05, 4.69) is 10.6 Å². The van der Waals surface area contributed by atoms with Crippen LogP contribution in [0.1, 0.15) is 51.1 Å². The first-order valence-electron chi connectivity index (χ1n) is 11.6. The molecule has 2 N–H and O–H groups in total. The molecule has 2 atom stereocenters. The first kappa shape index (κ1) is 24.2. The summed E-state index contributed by atoms with van der Waals surface area (Å²) in [5.41, 5.74) is 1.54. The van der Waals surface area contributed by atoms with Crippen LogP contribution in [0.2, 0.25) is 0 Å². The fourth-order valence-electron chi connectivity index (χ4n) is 4.22. The smallest absolute Gasteiger partial charge is 0.293 e. The SMILES string of the molecule is C[C@H]1CCCN(S(=O)(=O)c2ccc(N[C@@H](C)c3ccc(NC(=O)C4CC4)cc3)c([N+](=O)[O-])c2)C1. The molecule has 0 unspecified atom stereocenters. The molecule has 2 aromatic carbocycles. The van der Waals surface area contributed by atoms with Gasteiger partial charge in [0.05, 0.1) is 9.82 Å². The van der Waals surface area contributed by atoms with Crippen LogP contribution in [0.15, 0.2) is 47.4 Å². The number of hydrogen-bond donors (Lipinski definition) is 2. The minimum atomic E-state index is -3.80. The fourth-order valence-corrected chi connectivity index (χ4v) is 5.84. The second-order valence-electron chi connectivity index (χ2n) is 9.30. The summed E-state index contributed by atoms with van der Waals surface area (Å²) in [6.07, 6.45) is 3.62. The summed E-state index contributed by atoms with van der Waals surface area (Å²) in [7, 11) is -3.80. The molecule has 34 heavy (non-hydrogen) atoms. The number of nitro groups is 1. The van der Waals surface area contributed by atoms with E-state index in [9.17, 15) is 23.3 Å². The van der Waals surface area contributed by atoms with Gasteiger partial charge in [-0.25, -0.2) is 8.42 Å². The van der Waals surface area contributed by atoms with Crippen molar-refractivity contribution in [2.24, 2.45) is 11.8 Å². The molecule has 1 aliphatic carbocycles. The number of rotatable bonds is 8. The van der Waals surface area contributed by atoms with Gasteiger partial charge in [0.15, 0.2) is 0 Å². The summed E-state index contributed by atoms with van der Waals surface area (Å²) in [5, 5.41) is 17.8. The van der Waals surface area contributed by atoms with Gasteiger partial charge in [-0.05, 0) is 68.4 Å². The molecule has 1 amide bonds. The number of benzene rings is 2. The van der Waals surface area contributed by atoms with E-state index in [1.807, 2.05) is 26.0 Å². The van der Waals surface area contributed by atoms with Gasteiger partial charge in [0.25, 0.3) is 5.69 Å². The maximum Gasteiger partial charge on any atom is 0.293 e. The number of hydrogen-bond acceptors (Lipinski definition) is 6. The number of piperidine rings is 1. The maximum absolute atomic E-state index is 13.1. The van der Waals surface area contributed by atoms with E-state index in [0.717, 1.165) is 37.3 Å². The van der Waals surface area contributed by atoms with Gasteiger partial charge in [0.2, 0.25) is 15.9 Å². The average molecular weight is 487 g/mol. The normalized spacial score (nSPS) is 19.9. The minimum Gasteiger partial charge on any atom is -0.373 e. The third-order valence-corrected chi connectivity index (χ3v) is 8.28. The monoisotopic (exact) mass is 486 g/mol. The Morgan fingerprint density at radius 3 is 2.47 bits per heavy atom. The van der Waals surface area contributed by atoms with Gasteiger partial charge in [-0.2, -0.15) is 4.31 Å². The van der Waals surface area contributed by atoms with Crippen LogP contribution in [0, 0.1) is 22.0 Å². The van der Waals surface area contributed by atoms with E-state index in [1.54, 1.807) is 12.1 Å². The highest BCUT2D eigenvalue weighted by Crippen LogP contribution is 2.33. The number of nitrogens with one attached hydrogen (secondary N) is 2. The maximum atomic E-state index is 13.1. The summed E-state index contributed by atoms with van der Waals surface area (Å²) in [4.78, 5) is 23.1. The summed E-state index contributed by atoms with van der Waals surface area (Å²) >= 11 is 0. The van der Waals surface area contributed by atoms with Crippen LogP contribution in [-0.2, 0) is 14.8 Å². The summed E-state index contributed by atoms with van der Waals surface area (Å²) < 4.78 is 27.6. The highest BCUT2D eigenvalue weighted by molar-refractivity contribution is 7.89. The molecule has 2 fully saturated rings. The molecule has 182 valence electrons. The Balaban J connectivity index is 1.50. The molecular weight excluding hydrogens is 456 g/mol. The van der Waals surface area contributed by atoms with Gasteiger partial charge in [-0.15, -0.1) is 0 Å². The number of carbonyl (C=O) groups excluding carboxylic acids is 1. The van der Waals surface area contributed by atoms with Gasteiger partial charge in [0, 0.05) is 36.8 Å². The Morgan fingerprint density at radius 2 is 1.85 bits per heavy atom. The Labute approximate surface area is 199 Å². The van der Waals surface area contributed by atoms with Crippen molar-refractivity contribution in [3.63, 3.8) is 0 Å². The van der Waals surface area contributed by atoms with Crippen LogP contribution in [0.25, 0.3) is 0 Å². The molecule has 0 aromatic heterocycles. The Morgan fingerprint density at radius 1 is 1.15 bits per heavy atom. The van der Waals surface area contributed by atoms with Crippen LogP contribution < -0.4 is 10.6 Å². The van der Waals surface area contributed by atoms with Crippen molar-refractivity contribution < 1.29 is 18.1 Å². The van der Waals surface area contributed by atoms with Crippen LogP contribution in [0.5, 0.6) is 0 Å². The van der Waals surface area contributed by atoms with Gasteiger partial charge < -0.3 is 10.6 Å². The van der Waals surface area contributed by atoms with Crippen LogP contribution >= 0.6 is 0 Å². The van der Waals surface area contributed by atoms with E-state index in [0.29, 0.717) is 18.8 Å². The number of anilines is 2. The van der Waals surface area contributed by atoms with Crippen molar-refractivity contribution in [2.75, 3.05) is 23.7 Å². The van der Waals surface area contributed by atoms with E-state index in [4.69, 9.17) is 0 Å². The van der Waals surface area contributed by atoms with Crippen molar-refractivity contribution in [1.29, 1.82) is 0 Å². The molecule has 0 spiro atoms. The predicted octanol–water partition coefficient (Wildman–Crippen LogP) is 4.54. The van der Waals surface area contributed by atoms with Crippen molar-refractivity contribution >= 4 is 33.0 Å². The molecule has 1 saturated heterocycles. The molecule has 1 aliphatic heterocycles. The lowest BCUT2D eigenvalue weighted by molar-refractivity contribution is -0.384. The Kier molecular flexibility index (Phi) is 6.90. The number of carbonyl (C=O) groups is 1. The topological polar surface area (TPSA) is 122 Å². The van der Waals surface area contributed by atoms with Gasteiger partial charge in [-0.3, -0.25) is 14.9 Å². The van der Waals surface area contributed by atoms with Gasteiger partial charge in [-0.1, -0.05) is 19.1 Å². The number of sulfonamides is 1. The quantitative estimate of drug-likeness (QED) is 0.417. The zero-order valence-electron chi connectivity index (χ0n) is 19.4. The van der Waals surface area contributed by atoms with Crippen molar-refractivity contribution in [3.05, 3.63) is 58.1 Å². The largest absolute Gasteiger partial charge is 0.373 e. The van der Waals surface area contributed by atoms with Crippen molar-refractivity contribution in [1.82, 2.24) is 4.31 Å². The molecule has 0 radical (unpaired) electrons. The van der Waals surface area contributed by atoms with E-state index < -0.39 is 14.9 Å². The Hall–Kier alpha value is -2.98. The second kappa shape index (κ2) is 9.71. The molecular formula is C24H30N4O5S. The van der Waals surface area contributed by atoms with E-state index >= 15 is 0 Å². The van der Waals surface area contributed by atoms with Crippen LogP contribution in [0.4, 0.5) is 17.1 Å². The van der Waals surface area contributed by atoms with Crippen molar-refractivity contribution in [3.8, 4) is 0 Å². The highest BCUT2D eigenvalue weighted by atomic mass is 32.2. The molecule has 1 heterocycles. The van der Waals surface area contributed by atoms with Crippen molar-refractivity contribution in [2.45, 2.75) is 50.5 Å². The molecule has 10 heteroatoms. The predicted molar refractivity (Wildman–Crippen MR) is 130 cm³/mol. The van der Waals surface area contributed by atoms with E-state index in [1.165, 1.54) is 16.4 Å². The molecule has 4 rings (SSSR count). The number of amides is 1. The number of nitro benzene ring substituents is 1. The summed E-state index contributed by atoms with van der Waals surface area (Å²) in [6.45, 7) is 4.71. The minimum absolute atomic E-state index is 0.0311. The van der Waals surface area contributed by atoms with Gasteiger partial charge >= 0.3 is 0 Å². The van der Waals surface area contributed by atoms with E-state index in [-0.39, 0.29) is 40.1 Å². The van der Waals surface area contributed by atoms with Gasteiger partial charge in [0.1, 0.15) is 5.69 Å². The molecule has 1 saturated carbocycles. The first-order chi connectivity index (χ1) is 16.1. The zero-order chi connectivity index (χ0) is 24.5. The second-order valence-corrected chi connectivity index (χ2v) is 11.2. The number of nitrogens with zero attached hydrogens (tertiary/aromatic N) is 2. The average Bonchev–Trinajstić information content (AvgIpc) is 3.65. The lowest BCUT2D eigenvalue weighted by atomic mass is 10.0. The highest BCUT2D eigenvalue weighted by Gasteiger charge is 2.31. The lowest BCUT2D eigenvalue weighted by Gasteiger charge is -2.30. The zero-order valence-corrected chi connectivity index (χ0v) is 20.2. The van der Waals surface area contributed by atoms with Crippen LogP contribution in [0.3, 0.4) is 0 Å². The Bertz CT molecular complexity index is 1180. The summed E-state index contributed by atoms with van der Waals surface area (Å²) in [5.74, 6) is 0.406. The molecule has 0 bridgehead atoms. The molecule has 2 aliphatic rings. The lowest BCUT2D eigenvalue weighted by Crippen LogP contribution is -2.39. The fraction of sp³-hybridized carbons (Fsp3) is 0.458. The summed E-state index contributed by atoms with van der Waals surface area (Å²) in [6, 6.07) is 11.0. The third-order valence-electron chi connectivity index (χ3n) is 6.42. The first-order valence-corrected chi connectivity index (χ1v) is 13.0. The third kappa shape index (κ3) is 5.39. The molecule has 2 aromatic rings. The molecule has 9 nitrogen and oxygen atoms in total. The van der Waals surface area contributed by atoms with Crippen LogP contribution in [-0.4, -0.2) is 36.6 Å².